The van der Waals surface area contributed by atoms with Gasteiger partial charge in [-0.25, -0.2) is 4.79 Å². The number of hydrogen-bond acceptors (Lipinski definition) is 5. The standard InChI is InChI=1S/C29H53NO4/c1-7-34-27(32)26(30-25-20-22-19-24(28(22,4)5)29(25,6)33)23(31)18-16-14-12-10-8-9-11-13-15-17-21(2)3/h21-24,26,31,33H,7-20H2,1-6H3/t22-,23+,24-,26-,29-/m0/s1. The fourth-order valence-electron chi connectivity index (χ4n) is 6.13. The molecule has 0 aromatic carbocycles. The van der Waals surface area contributed by atoms with Gasteiger partial charge >= 0.3 is 5.97 Å². The molecule has 0 saturated heterocycles. The van der Waals surface area contributed by atoms with Crippen molar-refractivity contribution in [3.8, 4) is 0 Å². The maximum atomic E-state index is 12.6. The molecule has 5 atom stereocenters. The first kappa shape index (κ1) is 29.3. The van der Waals surface area contributed by atoms with Crippen LogP contribution >= 0.6 is 0 Å². The van der Waals surface area contributed by atoms with Crippen molar-refractivity contribution in [2.24, 2.45) is 28.2 Å². The lowest BCUT2D eigenvalue weighted by Crippen LogP contribution is -2.65. The van der Waals surface area contributed by atoms with Gasteiger partial charge in [0, 0.05) is 5.71 Å². The van der Waals surface area contributed by atoms with E-state index in [9.17, 15) is 15.0 Å². The molecule has 0 aliphatic heterocycles. The van der Waals surface area contributed by atoms with Gasteiger partial charge in [-0.05, 0) is 56.3 Å². The van der Waals surface area contributed by atoms with Crippen molar-refractivity contribution in [1.82, 2.24) is 0 Å². The largest absolute Gasteiger partial charge is 0.464 e. The van der Waals surface area contributed by atoms with Gasteiger partial charge in [-0.3, -0.25) is 4.99 Å². The van der Waals surface area contributed by atoms with Crippen molar-refractivity contribution in [1.29, 1.82) is 0 Å². The van der Waals surface area contributed by atoms with Gasteiger partial charge in [-0.1, -0.05) is 91.9 Å². The molecule has 3 aliphatic rings. The van der Waals surface area contributed by atoms with Gasteiger partial charge < -0.3 is 14.9 Å². The molecule has 0 unspecified atom stereocenters. The van der Waals surface area contributed by atoms with Crippen molar-refractivity contribution >= 4 is 11.7 Å². The summed E-state index contributed by atoms with van der Waals surface area (Å²) in [5.41, 5.74) is -0.273. The molecule has 0 aromatic heterocycles. The number of carbonyl (C=O) groups is 1. The highest BCUT2D eigenvalue weighted by molar-refractivity contribution is 5.96. The van der Waals surface area contributed by atoms with Gasteiger partial charge in [0.25, 0.3) is 0 Å². The normalized spacial score (nSPS) is 28.6. The molecule has 198 valence electrons. The highest BCUT2D eigenvalue weighted by Crippen LogP contribution is 2.61. The van der Waals surface area contributed by atoms with Crippen LogP contribution in [0.5, 0.6) is 0 Å². The lowest BCUT2D eigenvalue weighted by molar-refractivity contribution is -0.148. The molecule has 5 nitrogen and oxygen atoms in total. The second-order valence-corrected chi connectivity index (χ2v) is 12.2. The van der Waals surface area contributed by atoms with E-state index >= 15 is 0 Å². The van der Waals surface area contributed by atoms with E-state index in [-0.39, 0.29) is 17.9 Å². The summed E-state index contributed by atoms with van der Waals surface area (Å²) in [4.78, 5) is 17.3. The number of nitrogens with zero attached hydrogens (tertiary/aromatic N) is 1. The number of fused-ring (bicyclic) bond motifs is 2. The van der Waals surface area contributed by atoms with Gasteiger partial charge in [0.1, 0.15) is 5.60 Å². The lowest BCUT2D eigenvalue weighted by atomic mass is 9.44. The third kappa shape index (κ3) is 7.78. The Hall–Kier alpha value is -0.940. The van der Waals surface area contributed by atoms with Crippen LogP contribution in [0.4, 0.5) is 0 Å². The van der Waals surface area contributed by atoms with E-state index in [2.05, 4.69) is 32.7 Å². The molecule has 3 aliphatic carbocycles. The van der Waals surface area contributed by atoms with Crippen LogP contribution < -0.4 is 0 Å². The third-order valence-electron chi connectivity index (χ3n) is 8.64. The van der Waals surface area contributed by atoms with E-state index in [1.165, 1.54) is 51.4 Å². The Morgan fingerprint density at radius 1 is 1.00 bits per heavy atom. The monoisotopic (exact) mass is 479 g/mol. The summed E-state index contributed by atoms with van der Waals surface area (Å²) >= 11 is 0. The summed E-state index contributed by atoms with van der Waals surface area (Å²) in [7, 11) is 0. The Morgan fingerprint density at radius 3 is 2.00 bits per heavy atom. The molecule has 2 N–H and O–H groups in total. The molecule has 0 heterocycles. The molecular weight excluding hydrogens is 426 g/mol. The van der Waals surface area contributed by atoms with Crippen LogP contribution in [0.2, 0.25) is 0 Å². The summed E-state index contributed by atoms with van der Waals surface area (Å²) in [6.07, 6.45) is 13.7. The van der Waals surface area contributed by atoms with Crippen LogP contribution in [0.3, 0.4) is 0 Å². The Bertz CT molecular complexity index is 655. The fourth-order valence-corrected chi connectivity index (χ4v) is 6.13. The predicted octanol–water partition coefficient (Wildman–Crippen LogP) is 6.48. The first-order chi connectivity index (χ1) is 16.0. The maximum absolute atomic E-state index is 12.6. The van der Waals surface area contributed by atoms with Crippen LogP contribution in [0, 0.1) is 23.2 Å². The fraction of sp³-hybridized carbons (Fsp3) is 0.931. The first-order valence-corrected chi connectivity index (χ1v) is 14.2. The molecule has 0 aromatic rings. The number of hydrogen-bond donors (Lipinski definition) is 2. The van der Waals surface area contributed by atoms with Crippen molar-refractivity contribution < 1.29 is 19.7 Å². The smallest absolute Gasteiger partial charge is 0.333 e. The topological polar surface area (TPSA) is 79.1 Å². The SMILES string of the molecule is CCOC(=O)[C@@H](N=C1C[C@@H]2C[C@@H](C2(C)C)[C@]1(C)O)[C@H](O)CCCCCCCCCCCC(C)C. The van der Waals surface area contributed by atoms with E-state index in [0.29, 0.717) is 24.5 Å². The van der Waals surface area contributed by atoms with E-state index in [0.717, 1.165) is 25.2 Å². The Morgan fingerprint density at radius 2 is 1.53 bits per heavy atom. The minimum Gasteiger partial charge on any atom is -0.464 e. The Labute approximate surface area is 209 Å². The predicted molar refractivity (Wildman–Crippen MR) is 140 cm³/mol. The average molecular weight is 480 g/mol. The van der Waals surface area contributed by atoms with Crippen LogP contribution in [0.15, 0.2) is 4.99 Å². The third-order valence-corrected chi connectivity index (χ3v) is 8.64. The average Bonchev–Trinajstić information content (AvgIpc) is 2.75. The molecular formula is C29H53NO4. The number of carbonyl (C=O) groups excluding carboxylic acids is 1. The molecule has 0 amide bonds. The number of aliphatic hydroxyl groups excluding tert-OH is 1. The number of unbranched alkanes of at least 4 members (excludes halogenated alkanes) is 8. The second kappa shape index (κ2) is 13.4. The highest BCUT2D eigenvalue weighted by Gasteiger charge is 2.61. The minimum atomic E-state index is -1.03. The quantitative estimate of drug-likeness (QED) is 0.196. The van der Waals surface area contributed by atoms with Gasteiger partial charge in [0.05, 0.1) is 12.7 Å². The summed E-state index contributed by atoms with van der Waals surface area (Å²) in [6, 6.07) is -0.937. The Kier molecular flexibility index (Phi) is 11.5. The molecule has 34 heavy (non-hydrogen) atoms. The number of aliphatic imine (C=N–C) groups is 1. The van der Waals surface area contributed by atoms with Crippen LogP contribution in [0.1, 0.15) is 125 Å². The van der Waals surface area contributed by atoms with Crippen LogP contribution in [-0.4, -0.2) is 46.2 Å². The van der Waals surface area contributed by atoms with E-state index in [1.807, 2.05) is 6.92 Å². The summed E-state index contributed by atoms with van der Waals surface area (Å²) in [5, 5.41) is 22.1. The maximum Gasteiger partial charge on any atom is 0.333 e. The van der Waals surface area contributed by atoms with E-state index < -0.39 is 23.7 Å². The Balaban J connectivity index is 1.77. The van der Waals surface area contributed by atoms with Crippen molar-refractivity contribution in [3.05, 3.63) is 0 Å². The zero-order valence-electron chi connectivity index (χ0n) is 22.9. The number of rotatable bonds is 16. The zero-order valence-corrected chi connectivity index (χ0v) is 22.9. The molecule has 5 heteroatoms. The molecule has 3 saturated carbocycles. The molecule has 2 bridgehead atoms. The molecule has 0 radical (unpaired) electrons. The highest BCUT2D eigenvalue weighted by atomic mass is 16.5. The zero-order chi connectivity index (χ0) is 25.4. The number of esters is 1. The lowest BCUT2D eigenvalue weighted by Gasteiger charge is -2.62. The first-order valence-electron chi connectivity index (χ1n) is 14.2. The minimum absolute atomic E-state index is 0.0919. The molecule has 3 rings (SSSR count). The van der Waals surface area contributed by atoms with Gasteiger partial charge in [-0.15, -0.1) is 0 Å². The van der Waals surface area contributed by atoms with Gasteiger partial charge in [0.2, 0.25) is 0 Å². The van der Waals surface area contributed by atoms with Gasteiger partial charge in [-0.2, -0.15) is 0 Å². The summed E-state index contributed by atoms with van der Waals surface area (Å²) in [5.74, 6) is 0.965. The van der Waals surface area contributed by atoms with Crippen LogP contribution in [0.25, 0.3) is 0 Å². The van der Waals surface area contributed by atoms with Crippen molar-refractivity contribution in [3.63, 3.8) is 0 Å². The second-order valence-electron chi connectivity index (χ2n) is 12.2. The number of aliphatic hydroxyl groups is 2. The van der Waals surface area contributed by atoms with Crippen molar-refractivity contribution in [2.45, 2.75) is 143 Å². The molecule has 0 spiro atoms. The summed E-state index contributed by atoms with van der Waals surface area (Å²) in [6.45, 7) is 12.9. The van der Waals surface area contributed by atoms with Crippen molar-refractivity contribution in [2.75, 3.05) is 6.61 Å². The van der Waals surface area contributed by atoms with E-state index in [1.54, 1.807) is 6.92 Å². The van der Waals surface area contributed by atoms with Crippen LogP contribution in [-0.2, 0) is 9.53 Å². The number of ether oxygens (including phenoxy) is 1. The van der Waals surface area contributed by atoms with E-state index in [4.69, 9.17) is 4.74 Å². The molecule has 3 fully saturated rings. The van der Waals surface area contributed by atoms with Gasteiger partial charge in [0.15, 0.2) is 6.04 Å². The summed E-state index contributed by atoms with van der Waals surface area (Å²) < 4.78 is 5.24.